The maximum atomic E-state index is 12.2. The van der Waals surface area contributed by atoms with Crippen LogP contribution in [-0.2, 0) is 0 Å². The lowest BCUT2D eigenvalue weighted by molar-refractivity contribution is 0.0931. The summed E-state index contributed by atoms with van der Waals surface area (Å²) in [5.41, 5.74) is 0. The summed E-state index contributed by atoms with van der Waals surface area (Å²) >= 11 is 2.99. The van der Waals surface area contributed by atoms with Gasteiger partial charge in [-0.15, -0.1) is 11.3 Å². The fourth-order valence-electron chi connectivity index (χ4n) is 2.27. The first-order valence-corrected chi connectivity index (χ1v) is 8.42. The van der Waals surface area contributed by atoms with E-state index in [2.05, 4.69) is 15.6 Å². The highest BCUT2D eigenvalue weighted by molar-refractivity contribution is 7.29. The Labute approximate surface area is 130 Å². The predicted octanol–water partition coefficient (Wildman–Crippen LogP) is 0.734. The molecule has 3 N–H and O–H groups in total. The Morgan fingerprint density at radius 1 is 1.52 bits per heavy atom. The van der Waals surface area contributed by atoms with Gasteiger partial charge in [0.15, 0.2) is 5.13 Å². The van der Waals surface area contributed by atoms with Crippen LogP contribution < -0.4 is 15.5 Å². The lowest BCUT2D eigenvalue weighted by Gasteiger charge is -2.13. The number of carbonyl (C=O) groups is 1. The first-order chi connectivity index (χ1) is 10.0. The molecule has 0 aliphatic carbocycles. The molecule has 21 heavy (non-hydrogen) atoms. The van der Waals surface area contributed by atoms with Crippen LogP contribution in [0.1, 0.15) is 9.67 Å². The van der Waals surface area contributed by atoms with Crippen molar-refractivity contribution < 1.29 is 9.90 Å². The van der Waals surface area contributed by atoms with E-state index in [9.17, 15) is 9.90 Å². The highest BCUT2D eigenvalue weighted by atomic mass is 32.1. The zero-order valence-corrected chi connectivity index (χ0v) is 13.6. The number of rotatable bonds is 4. The van der Waals surface area contributed by atoms with Crippen molar-refractivity contribution in [2.45, 2.75) is 6.10 Å². The number of amides is 1. The van der Waals surface area contributed by atoms with Gasteiger partial charge in [-0.2, -0.15) is 0 Å². The first kappa shape index (κ1) is 14.7. The molecule has 1 saturated heterocycles. The fraction of sp³-hybridized carbons (Fsp3) is 0.538. The summed E-state index contributed by atoms with van der Waals surface area (Å²) in [6.07, 6.45) is -0.374. The average Bonchev–Trinajstić information content (AvgIpc) is 3.09. The SMILES string of the molecule is CN(C)c1nc2sc(C(=O)NCC3CNCC3O)cc2s1. The van der Waals surface area contributed by atoms with Crippen LogP contribution in [0.15, 0.2) is 6.07 Å². The average molecular weight is 326 g/mol. The molecule has 1 aliphatic rings. The van der Waals surface area contributed by atoms with Gasteiger partial charge in [-0.1, -0.05) is 11.3 Å². The molecule has 0 bridgehead atoms. The molecule has 0 saturated carbocycles. The lowest BCUT2D eigenvalue weighted by atomic mass is 10.1. The number of thiazole rings is 1. The maximum Gasteiger partial charge on any atom is 0.261 e. The number of aromatic nitrogens is 1. The number of fused-ring (bicyclic) bond motifs is 1. The van der Waals surface area contributed by atoms with E-state index in [0.29, 0.717) is 18.0 Å². The molecule has 2 atom stereocenters. The van der Waals surface area contributed by atoms with Gasteiger partial charge in [0, 0.05) is 39.6 Å². The Kier molecular flexibility index (Phi) is 4.12. The van der Waals surface area contributed by atoms with Crippen molar-refractivity contribution in [1.29, 1.82) is 0 Å². The van der Waals surface area contributed by atoms with Crippen LogP contribution in [-0.4, -0.2) is 55.8 Å². The quantitative estimate of drug-likeness (QED) is 0.772. The Morgan fingerprint density at radius 3 is 2.95 bits per heavy atom. The summed E-state index contributed by atoms with van der Waals surface area (Å²) < 4.78 is 1.04. The summed E-state index contributed by atoms with van der Waals surface area (Å²) in [6, 6.07) is 1.89. The van der Waals surface area contributed by atoms with Gasteiger partial charge in [0.25, 0.3) is 5.91 Å². The number of hydrogen-bond donors (Lipinski definition) is 3. The molecule has 1 fully saturated rings. The zero-order chi connectivity index (χ0) is 15.0. The van der Waals surface area contributed by atoms with E-state index in [4.69, 9.17) is 0 Å². The summed E-state index contributed by atoms with van der Waals surface area (Å²) in [6.45, 7) is 1.84. The second kappa shape index (κ2) is 5.88. The summed E-state index contributed by atoms with van der Waals surface area (Å²) in [5, 5.41) is 16.7. The van der Waals surface area contributed by atoms with Crippen LogP contribution in [0, 0.1) is 5.92 Å². The van der Waals surface area contributed by atoms with Crippen molar-refractivity contribution in [3.05, 3.63) is 10.9 Å². The van der Waals surface area contributed by atoms with E-state index >= 15 is 0 Å². The van der Waals surface area contributed by atoms with Crippen LogP contribution >= 0.6 is 22.7 Å². The number of anilines is 1. The number of nitrogens with one attached hydrogen (secondary N) is 2. The number of thiophene rings is 1. The molecule has 2 aromatic heterocycles. The maximum absolute atomic E-state index is 12.2. The van der Waals surface area contributed by atoms with Gasteiger partial charge in [0.2, 0.25) is 0 Å². The Balaban J connectivity index is 1.65. The molecule has 1 amide bonds. The minimum atomic E-state index is -0.374. The number of aliphatic hydroxyl groups is 1. The van der Waals surface area contributed by atoms with Crippen LogP contribution in [0.2, 0.25) is 0 Å². The smallest absolute Gasteiger partial charge is 0.261 e. The molecule has 6 nitrogen and oxygen atoms in total. The van der Waals surface area contributed by atoms with E-state index in [1.165, 1.54) is 11.3 Å². The molecule has 0 radical (unpaired) electrons. The molecular weight excluding hydrogens is 308 g/mol. The number of nitrogens with zero attached hydrogens (tertiary/aromatic N) is 2. The predicted molar refractivity (Wildman–Crippen MR) is 86.5 cm³/mol. The van der Waals surface area contributed by atoms with E-state index in [-0.39, 0.29) is 17.9 Å². The molecule has 3 heterocycles. The molecule has 0 aromatic carbocycles. The normalized spacial score (nSPS) is 21.9. The molecule has 114 valence electrons. The first-order valence-electron chi connectivity index (χ1n) is 6.79. The van der Waals surface area contributed by atoms with Gasteiger partial charge < -0.3 is 20.6 Å². The number of aliphatic hydroxyl groups excluding tert-OH is 1. The number of β-amino-alcohol motifs (C(OH)–C–C–N with tert-alkyl or cyclic N) is 1. The molecular formula is C13H18N4O2S2. The Morgan fingerprint density at radius 2 is 2.33 bits per heavy atom. The van der Waals surface area contributed by atoms with Crippen LogP contribution in [0.4, 0.5) is 5.13 Å². The fourth-order valence-corrected chi connectivity index (χ4v) is 4.32. The minimum Gasteiger partial charge on any atom is -0.391 e. The standard InChI is InChI=1S/C13H18N4O2S2/c1-17(2)13-16-12-10(21-13)3-9(20-12)11(19)15-5-7-4-14-6-8(7)18/h3,7-8,14,18H,4-6H2,1-2H3,(H,15,19). The number of hydrogen-bond acceptors (Lipinski definition) is 7. The molecule has 0 spiro atoms. The summed E-state index contributed by atoms with van der Waals surface area (Å²) in [7, 11) is 3.91. The summed E-state index contributed by atoms with van der Waals surface area (Å²) in [4.78, 5) is 20.2. The van der Waals surface area contributed by atoms with Gasteiger partial charge >= 0.3 is 0 Å². The molecule has 8 heteroatoms. The third kappa shape index (κ3) is 3.03. The van der Waals surface area contributed by atoms with Crippen molar-refractivity contribution in [2.75, 3.05) is 38.6 Å². The van der Waals surface area contributed by atoms with E-state index in [1.54, 1.807) is 11.3 Å². The third-order valence-corrected chi connectivity index (χ3v) is 5.84. The summed E-state index contributed by atoms with van der Waals surface area (Å²) in [5.74, 6) is 0.00389. The lowest BCUT2D eigenvalue weighted by Crippen LogP contribution is -2.34. The second-order valence-electron chi connectivity index (χ2n) is 5.37. The van der Waals surface area contributed by atoms with Crippen molar-refractivity contribution in [2.24, 2.45) is 5.92 Å². The third-order valence-electron chi connectivity index (χ3n) is 3.51. The molecule has 1 aliphatic heterocycles. The molecule has 2 unspecified atom stereocenters. The zero-order valence-electron chi connectivity index (χ0n) is 11.9. The highest BCUT2D eigenvalue weighted by Crippen LogP contribution is 2.33. The van der Waals surface area contributed by atoms with E-state index in [0.717, 1.165) is 21.2 Å². The monoisotopic (exact) mass is 326 g/mol. The Bertz CT molecular complexity index is 620. The van der Waals surface area contributed by atoms with Gasteiger partial charge in [-0.05, 0) is 6.07 Å². The number of carbonyl (C=O) groups excluding carboxylic acids is 1. The van der Waals surface area contributed by atoms with Crippen molar-refractivity contribution >= 4 is 43.2 Å². The largest absolute Gasteiger partial charge is 0.391 e. The second-order valence-corrected chi connectivity index (χ2v) is 7.41. The van der Waals surface area contributed by atoms with Gasteiger partial charge in [-0.25, -0.2) is 4.98 Å². The topological polar surface area (TPSA) is 77.5 Å². The van der Waals surface area contributed by atoms with Gasteiger partial charge in [0.05, 0.1) is 15.7 Å². The van der Waals surface area contributed by atoms with Crippen LogP contribution in [0.25, 0.3) is 9.53 Å². The highest BCUT2D eigenvalue weighted by Gasteiger charge is 2.25. The van der Waals surface area contributed by atoms with Gasteiger partial charge in [-0.3, -0.25) is 4.79 Å². The van der Waals surface area contributed by atoms with Crippen LogP contribution in [0.3, 0.4) is 0 Å². The van der Waals surface area contributed by atoms with Crippen molar-refractivity contribution in [3.63, 3.8) is 0 Å². The minimum absolute atomic E-state index is 0.0873. The molecule has 2 aromatic rings. The Hall–Kier alpha value is -1.22. The van der Waals surface area contributed by atoms with E-state index < -0.39 is 0 Å². The molecule has 3 rings (SSSR count). The van der Waals surface area contributed by atoms with Crippen molar-refractivity contribution in [1.82, 2.24) is 15.6 Å². The van der Waals surface area contributed by atoms with Gasteiger partial charge in [0.1, 0.15) is 4.83 Å². The van der Waals surface area contributed by atoms with Crippen LogP contribution in [0.5, 0.6) is 0 Å². The van der Waals surface area contributed by atoms with E-state index in [1.807, 2.05) is 25.1 Å². The van der Waals surface area contributed by atoms with Crippen molar-refractivity contribution in [3.8, 4) is 0 Å².